The van der Waals surface area contributed by atoms with Crippen LogP contribution in [-0.2, 0) is 0 Å². The first-order chi connectivity index (χ1) is 8.25. The monoisotopic (exact) mass is 231 g/mol. The molecule has 0 spiro atoms. The van der Waals surface area contributed by atoms with E-state index in [0.29, 0.717) is 0 Å². The summed E-state index contributed by atoms with van der Waals surface area (Å²) in [5.74, 6) is 1.86. The number of hydrogen-bond donors (Lipinski definition) is 1. The lowest BCUT2D eigenvalue weighted by atomic mass is 9.99. The molecular weight excluding hydrogens is 214 g/mol. The van der Waals surface area contributed by atoms with E-state index in [0.717, 1.165) is 41.6 Å². The molecule has 2 aromatic rings. The lowest BCUT2D eigenvalue weighted by Gasteiger charge is -2.31. The molecule has 1 N–H and O–H groups in total. The van der Waals surface area contributed by atoms with E-state index < -0.39 is 0 Å². The third-order valence-electron chi connectivity index (χ3n) is 3.59. The summed E-state index contributed by atoms with van der Waals surface area (Å²) in [4.78, 5) is 11.0. The molecule has 0 aromatic carbocycles. The van der Waals surface area contributed by atoms with Crippen LogP contribution in [0.1, 0.15) is 25.5 Å². The highest BCUT2D eigenvalue weighted by Crippen LogP contribution is 2.27. The Kier molecular flexibility index (Phi) is 2.46. The van der Waals surface area contributed by atoms with Crippen molar-refractivity contribution in [2.24, 2.45) is 5.92 Å². The van der Waals surface area contributed by atoms with Crippen molar-refractivity contribution in [3.05, 3.63) is 12.0 Å². The third-order valence-corrected chi connectivity index (χ3v) is 3.59. The second-order valence-electron chi connectivity index (χ2n) is 4.91. The van der Waals surface area contributed by atoms with Gasteiger partial charge in [-0.05, 0) is 25.7 Å². The van der Waals surface area contributed by atoms with Crippen LogP contribution >= 0.6 is 0 Å². The molecule has 1 fully saturated rings. The highest BCUT2D eigenvalue weighted by Gasteiger charge is 2.20. The molecule has 0 amide bonds. The van der Waals surface area contributed by atoms with Crippen molar-refractivity contribution in [2.45, 2.75) is 26.7 Å². The molecule has 17 heavy (non-hydrogen) atoms. The number of aromatic nitrogens is 4. The van der Waals surface area contributed by atoms with Gasteiger partial charge in [0.2, 0.25) is 0 Å². The summed E-state index contributed by atoms with van der Waals surface area (Å²) in [6.07, 6.45) is 4.08. The number of rotatable bonds is 1. The number of hydrogen-bond acceptors (Lipinski definition) is 4. The van der Waals surface area contributed by atoms with Gasteiger partial charge in [-0.1, -0.05) is 6.92 Å². The van der Waals surface area contributed by atoms with E-state index in [1.54, 1.807) is 6.33 Å². The van der Waals surface area contributed by atoms with E-state index in [1.807, 2.05) is 6.92 Å². The van der Waals surface area contributed by atoms with E-state index in [1.165, 1.54) is 12.8 Å². The zero-order valence-electron chi connectivity index (χ0n) is 10.3. The molecule has 0 saturated carbocycles. The molecule has 2 aromatic heterocycles. The van der Waals surface area contributed by atoms with Crippen molar-refractivity contribution >= 4 is 16.9 Å². The molecule has 0 atom stereocenters. The van der Waals surface area contributed by atoms with Gasteiger partial charge in [-0.2, -0.15) is 5.10 Å². The number of anilines is 1. The second-order valence-corrected chi connectivity index (χ2v) is 4.91. The summed E-state index contributed by atoms with van der Waals surface area (Å²) < 4.78 is 0. The van der Waals surface area contributed by atoms with Gasteiger partial charge in [0.25, 0.3) is 0 Å². The number of aromatic amines is 1. The Morgan fingerprint density at radius 1 is 1.29 bits per heavy atom. The first kappa shape index (κ1) is 10.5. The zero-order chi connectivity index (χ0) is 11.8. The predicted octanol–water partition coefficient (Wildman–Crippen LogP) is 1.90. The van der Waals surface area contributed by atoms with Crippen LogP contribution in [0.25, 0.3) is 11.0 Å². The van der Waals surface area contributed by atoms with Crippen LogP contribution in [0.15, 0.2) is 6.33 Å². The fourth-order valence-electron chi connectivity index (χ4n) is 2.44. The molecule has 5 nitrogen and oxygen atoms in total. The van der Waals surface area contributed by atoms with Gasteiger partial charge in [-0.25, -0.2) is 9.97 Å². The van der Waals surface area contributed by atoms with E-state index in [-0.39, 0.29) is 0 Å². The zero-order valence-corrected chi connectivity index (χ0v) is 10.3. The van der Waals surface area contributed by atoms with Crippen LogP contribution in [-0.4, -0.2) is 33.3 Å². The quantitative estimate of drug-likeness (QED) is 0.814. The van der Waals surface area contributed by atoms with Gasteiger partial charge in [0.1, 0.15) is 12.1 Å². The standard InChI is InChI=1S/C12H17N5/c1-8-3-5-17(6-4-8)12-10-9(2)15-16-11(10)13-7-14-12/h7-8H,3-6H2,1-2H3,(H,13,14,15,16). The van der Waals surface area contributed by atoms with Gasteiger partial charge < -0.3 is 4.90 Å². The largest absolute Gasteiger partial charge is 0.356 e. The Morgan fingerprint density at radius 3 is 2.82 bits per heavy atom. The van der Waals surface area contributed by atoms with Crippen molar-refractivity contribution < 1.29 is 0 Å². The molecule has 3 rings (SSSR count). The number of piperidine rings is 1. The van der Waals surface area contributed by atoms with Gasteiger partial charge >= 0.3 is 0 Å². The Hall–Kier alpha value is -1.65. The van der Waals surface area contributed by atoms with E-state index >= 15 is 0 Å². The SMILES string of the molecule is Cc1[nH]nc2ncnc(N3CCC(C)CC3)c12. The van der Waals surface area contributed by atoms with E-state index in [4.69, 9.17) is 0 Å². The van der Waals surface area contributed by atoms with Gasteiger partial charge in [0, 0.05) is 18.8 Å². The number of H-pyrrole nitrogens is 1. The Bertz CT molecular complexity index is 525. The lowest BCUT2D eigenvalue weighted by Crippen LogP contribution is -2.33. The fraction of sp³-hybridized carbons (Fsp3) is 0.583. The van der Waals surface area contributed by atoms with Gasteiger partial charge in [0.05, 0.1) is 5.39 Å². The average Bonchev–Trinajstić information content (AvgIpc) is 2.73. The van der Waals surface area contributed by atoms with Gasteiger partial charge in [0.15, 0.2) is 5.65 Å². The highest BCUT2D eigenvalue weighted by molar-refractivity contribution is 5.89. The number of nitrogens with one attached hydrogen (secondary N) is 1. The normalized spacial score (nSPS) is 17.9. The second kappa shape index (κ2) is 3.98. The third kappa shape index (κ3) is 1.75. The molecule has 0 bridgehead atoms. The van der Waals surface area contributed by atoms with Crippen LogP contribution in [0.3, 0.4) is 0 Å². The molecule has 1 saturated heterocycles. The lowest BCUT2D eigenvalue weighted by molar-refractivity contribution is 0.437. The first-order valence-electron chi connectivity index (χ1n) is 6.16. The summed E-state index contributed by atoms with van der Waals surface area (Å²) in [7, 11) is 0. The van der Waals surface area contributed by atoms with Gasteiger partial charge in [-0.3, -0.25) is 5.10 Å². The minimum absolute atomic E-state index is 0.770. The topological polar surface area (TPSA) is 57.7 Å². The van der Waals surface area contributed by atoms with E-state index in [2.05, 4.69) is 32.0 Å². The predicted molar refractivity (Wildman–Crippen MR) is 67.0 cm³/mol. The molecule has 0 unspecified atom stereocenters. The molecule has 1 aliphatic heterocycles. The van der Waals surface area contributed by atoms with Crippen LogP contribution < -0.4 is 4.90 Å². The number of nitrogens with zero attached hydrogens (tertiary/aromatic N) is 4. The summed E-state index contributed by atoms with van der Waals surface area (Å²) in [6, 6.07) is 0. The Balaban J connectivity index is 2.02. The van der Waals surface area contributed by atoms with Crippen LogP contribution in [0.5, 0.6) is 0 Å². The van der Waals surface area contributed by atoms with Gasteiger partial charge in [-0.15, -0.1) is 0 Å². The first-order valence-corrected chi connectivity index (χ1v) is 6.16. The van der Waals surface area contributed by atoms with E-state index in [9.17, 15) is 0 Å². The summed E-state index contributed by atoms with van der Waals surface area (Å²) >= 11 is 0. The smallest absolute Gasteiger partial charge is 0.186 e. The van der Waals surface area contributed by atoms with Crippen molar-refractivity contribution in [3.8, 4) is 0 Å². The van der Waals surface area contributed by atoms with Crippen molar-refractivity contribution in [1.82, 2.24) is 20.2 Å². The van der Waals surface area contributed by atoms with Crippen LogP contribution in [0.4, 0.5) is 5.82 Å². The molecule has 1 aliphatic rings. The summed E-state index contributed by atoms with van der Waals surface area (Å²) in [6.45, 7) is 6.50. The maximum atomic E-state index is 4.44. The minimum atomic E-state index is 0.770. The summed E-state index contributed by atoms with van der Waals surface area (Å²) in [5.41, 5.74) is 1.82. The fourth-order valence-corrected chi connectivity index (χ4v) is 2.44. The molecule has 5 heteroatoms. The van der Waals surface area contributed by atoms with Crippen molar-refractivity contribution in [3.63, 3.8) is 0 Å². The Morgan fingerprint density at radius 2 is 2.06 bits per heavy atom. The van der Waals surface area contributed by atoms with Crippen LogP contribution in [0.2, 0.25) is 0 Å². The van der Waals surface area contributed by atoms with Crippen molar-refractivity contribution in [1.29, 1.82) is 0 Å². The molecule has 0 aliphatic carbocycles. The molecule has 90 valence electrons. The van der Waals surface area contributed by atoms with Crippen LogP contribution in [0, 0.1) is 12.8 Å². The van der Waals surface area contributed by atoms with Crippen molar-refractivity contribution in [2.75, 3.05) is 18.0 Å². The molecule has 0 radical (unpaired) electrons. The summed E-state index contributed by atoms with van der Waals surface area (Å²) in [5, 5.41) is 8.24. The maximum absolute atomic E-state index is 4.44. The molecule has 3 heterocycles. The highest BCUT2D eigenvalue weighted by atomic mass is 15.2. The Labute approximate surface area is 100 Å². The average molecular weight is 231 g/mol. The molecular formula is C12H17N5. The minimum Gasteiger partial charge on any atom is -0.356 e. The maximum Gasteiger partial charge on any atom is 0.186 e. The number of aryl methyl sites for hydroxylation is 1. The number of fused-ring (bicyclic) bond motifs is 1.